The molecule has 0 radical (unpaired) electrons. The lowest BCUT2D eigenvalue weighted by Gasteiger charge is -2.32. The van der Waals surface area contributed by atoms with E-state index in [1.54, 1.807) is 38.1 Å². The second-order valence-electron chi connectivity index (χ2n) is 10.5. The van der Waals surface area contributed by atoms with Crippen molar-refractivity contribution in [2.24, 2.45) is 0 Å². The number of carbonyl (C=O) groups is 2. The van der Waals surface area contributed by atoms with Crippen molar-refractivity contribution in [1.29, 1.82) is 0 Å². The summed E-state index contributed by atoms with van der Waals surface area (Å²) in [7, 11) is -1.91. The van der Waals surface area contributed by atoms with Gasteiger partial charge in [-0.15, -0.1) is 0 Å². The van der Waals surface area contributed by atoms with Crippen LogP contribution in [-0.2, 0) is 21.2 Å². The van der Waals surface area contributed by atoms with Gasteiger partial charge in [-0.2, -0.15) is 4.31 Å². The predicted molar refractivity (Wildman–Crippen MR) is 158 cm³/mol. The quantitative estimate of drug-likeness (QED) is 0.428. The van der Waals surface area contributed by atoms with Gasteiger partial charge in [0.15, 0.2) is 0 Å². The molecule has 1 fully saturated rings. The number of anilines is 1. The topological polar surface area (TPSA) is 90.0 Å². The van der Waals surface area contributed by atoms with Crippen LogP contribution in [0.15, 0.2) is 71.6 Å². The zero-order valence-electron chi connectivity index (χ0n) is 23.7. The Kier molecular flexibility index (Phi) is 9.40. The maximum absolute atomic E-state index is 13.9. The van der Waals surface area contributed by atoms with E-state index < -0.39 is 15.9 Å². The molecule has 3 aromatic rings. The van der Waals surface area contributed by atoms with Gasteiger partial charge in [0.05, 0.1) is 11.4 Å². The summed E-state index contributed by atoms with van der Waals surface area (Å²) in [5, 5.41) is 2.81. The molecule has 1 aliphatic heterocycles. The first-order chi connectivity index (χ1) is 19.0. The Balaban J connectivity index is 1.49. The summed E-state index contributed by atoms with van der Waals surface area (Å²) in [4.78, 5) is 30.2. The summed E-state index contributed by atoms with van der Waals surface area (Å²) in [6.45, 7) is 8.37. The molecular weight excluding hydrogens is 524 g/mol. The third-order valence-electron chi connectivity index (χ3n) is 7.22. The van der Waals surface area contributed by atoms with Crippen molar-refractivity contribution >= 4 is 27.5 Å². The second-order valence-corrected chi connectivity index (χ2v) is 12.4. The molecule has 40 heavy (non-hydrogen) atoms. The van der Waals surface area contributed by atoms with Crippen molar-refractivity contribution in [2.45, 2.75) is 32.1 Å². The highest BCUT2D eigenvalue weighted by Crippen LogP contribution is 2.26. The number of amides is 2. The summed E-state index contributed by atoms with van der Waals surface area (Å²) in [5.41, 5.74) is 4.34. The summed E-state index contributed by atoms with van der Waals surface area (Å²) < 4.78 is 29.0. The van der Waals surface area contributed by atoms with Crippen molar-refractivity contribution in [3.8, 4) is 0 Å². The molecule has 4 rings (SSSR count). The minimum absolute atomic E-state index is 0.0343. The van der Waals surface area contributed by atoms with Crippen molar-refractivity contribution in [2.75, 3.05) is 51.6 Å². The predicted octanol–water partition coefficient (Wildman–Crippen LogP) is 3.87. The number of likely N-dealkylation sites (N-methyl/N-ethyl adjacent to an activating group) is 1. The molecule has 1 aliphatic rings. The molecule has 212 valence electrons. The summed E-state index contributed by atoms with van der Waals surface area (Å²) >= 11 is 0. The number of carbonyl (C=O) groups excluding carboxylic acids is 2. The second kappa shape index (κ2) is 12.8. The largest absolute Gasteiger partial charge is 0.336 e. The molecule has 1 N–H and O–H groups in total. The number of hydrogen-bond acceptors (Lipinski definition) is 5. The van der Waals surface area contributed by atoms with Gasteiger partial charge in [-0.25, -0.2) is 8.42 Å². The highest BCUT2D eigenvalue weighted by atomic mass is 32.2. The third kappa shape index (κ3) is 7.15. The van der Waals surface area contributed by atoms with Gasteiger partial charge in [0, 0.05) is 44.0 Å². The van der Waals surface area contributed by atoms with Crippen LogP contribution in [0.2, 0.25) is 0 Å². The van der Waals surface area contributed by atoms with Gasteiger partial charge in [-0.1, -0.05) is 48.0 Å². The maximum Gasteiger partial charge on any atom is 0.253 e. The smallest absolute Gasteiger partial charge is 0.253 e. The lowest BCUT2D eigenvalue weighted by atomic mass is 10.1. The Labute approximate surface area is 237 Å². The number of rotatable bonds is 9. The van der Waals surface area contributed by atoms with Crippen LogP contribution in [0.3, 0.4) is 0 Å². The first kappa shape index (κ1) is 29.5. The zero-order chi connectivity index (χ0) is 28.9. The first-order valence-electron chi connectivity index (χ1n) is 13.5. The van der Waals surface area contributed by atoms with Crippen molar-refractivity contribution in [3.63, 3.8) is 0 Å². The maximum atomic E-state index is 13.9. The van der Waals surface area contributed by atoms with Gasteiger partial charge in [0.1, 0.15) is 0 Å². The Morgan fingerprint density at radius 2 is 1.48 bits per heavy atom. The van der Waals surface area contributed by atoms with Crippen LogP contribution >= 0.6 is 0 Å². The van der Waals surface area contributed by atoms with Crippen LogP contribution in [0.5, 0.6) is 0 Å². The van der Waals surface area contributed by atoms with E-state index in [9.17, 15) is 18.0 Å². The van der Waals surface area contributed by atoms with Crippen LogP contribution in [0.25, 0.3) is 0 Å². The van der Waals surface area contributed by atoms with Gasteiger partial charge in [0.2, 0.25) is 15.9 Å². The first-order valence-corrected chi connectivity index (χ1v) is 15.0. The molecule has 0 unspecified atom stereocenters. The van der Waals surface area contributed by atoms with E-state index in [-0.39, 0.29) is 23.9 Å². The number of sulfonamides is 1. The molecule has 1 saturated heterocycles. The van der Waals surface area contributed by atoms with E-state index in [0.717, 1.165) is 24.2 Å². The van der Waals surface area contributed by atoms with Crippen LogP contribution < -0.4 is 5.32 Å². The van der Waals surface area contributed by atoms with Gasteiger partial charge >= 0.3 is 0 Å². The molecule has 3 aromatic carbocycles. The van der Waals surface area contributed by atoms with Crippen molar-refractivity contribution in [3.05, 3.63) is 94.5 Å². The summed E-state index contributed by atoms with van der Waals surface area (Å²) in [6.07, 6.45) is 0.473. The normalized spacial score (nSPS) is 14.4. The Morgan fingerprint density at radius 3 is 2.08 bits per heavy atom. The molecule has 0 spiro atoms. The highest BCUT2D eigenvalue weighted by Gasteiger charge is 2.30. The lowest BCUT2D eigenvalue weighted by Crippen LogP contribution is -2.47. The molecule has 0 aliphatic carbocycles. The standard InChI is InChI=1S/C31H38N4O4S/c1-23-20-24(2)30(25(3)21-23)40(38,39)35(15-14-26-8-6-5-7-9-26)22-29(36)32-28-12-10-27(11-13-28)31(37)34-18-16-33(4)17-19-34/h5-13,20-21H,14-19,22H2,1-4H3,(H,32,36). The molecule has 2 amide bonds. The zero-order valence-corrected chi connectivity index (χ0v) is 24.5. The van der Waals surface area contributed by atoms with Gasteiger partial charge in [-0.3, -0.25) is 9.59 Å². The average Bonchev–Trinajstić information content (AvgIpc) is 2.91. The fourth-order valence-corrected chi connectivity index (χ4v) is 6.94. The number of nitrogens with zero attached hydrogens (tertiary/aromatic N) is 3. The molecule has 0 bridgehead atoms. The molecule has 1 heterocycles. The van der Waals surface area contributed by atoms with E-state index in [1.807, 2.05) is 61.3 Å². The number of benzene rings is 3. The summed E-state index contributed by atoms with van der Waals surface area (Å²) in [5.74, 6) is -0.481. The van der Waals surface area contributed by atoms with Crippen LogP contribution in [0.4, 0.5) is 5.69 Å². The van der Waals surface area contributed by atoms with E-state index >= 15 is 0 Å². The Morgan fingerprint density at radius 1 is 0.875 bits per heavy atom. The minimum atomic E-state index is -3.95. The molecule has 9 heteroatoms. The molecule has 8 nitrogen and oxygen atoms in total. The van der Waals surface area contributed by atoms with E-state index in [0.29, 0.717) is 41.9 Å². The fourth-order valence-electron chi connectivity index (χ4n) is 5.13. The number of aryl methyl sites for hydroxylation is 3. The average molecular weight is 563 g/mol. The fraction of sp³-hybridized carbons (Fsp3) is 0.355. The third-order valence-corrected chi connectivity index (χ3v) is 9.37. The number of piperazine rings is 1. The Bertz CT molecular complexity index is 1430. The minimum Gasteiger partial charge on any atom is -0.336 e. The highest BCUT2D eigenvalue weighted by molar-refractivity contribution is 7.89. The van der Waals surface area contributed by atoms with Gasteiger partial charge in [-0.05, 0) is 75.2 Å². The van der Waals surface area contributed by atoms with Gasteiger partial charge in [0.25, 0.3) is 5.91 Å². The van der Waals surface area contributed by atoms with E-state index in [2.05, 4.69) is 10.2 Å². The van der Waals surface area contributed by atoms with Crippen LogP contribution in [0, 0.1) is 20.8 Å². The van der Waals surface area contributed by atoms with Crippen molar-refractivity contribution < 1.29 is 18.0 Å². The van der Waals surface area contributed by atoms with Gasteiger partial charge < -0.3 is 15.1 Å². The van der Waals surface area contributed by atoms with E-state index in [4.69, 9.17) is 0 Å². The Hall–Kier alpha value is -3.53. The molecule has 0 aromatic heterocycles. The van der Waals surface area contributed by atoms with Crippen LogP contribution in [-0.4, -0.2) is 80.7 Å². The lowest BCUT2D eigenvalue weighted by molar-refractivity contribution is -0.116. The molecule has 0 saturated carbocycles. The van der Waals surface area contributed by atoms with Crippen LogP contribution in [0.1, 0.15) is 32.6 Å². The number of hydrogen-bond donors (Lipinski definition) is 1. The SMILES string of the molecule is Cc1cc(C)c(S(=O)(=O)N(CCc2ccccc2)CC(=O)Nc2ccc(C(=O)N3CCN(C)CC3)cc2)c(C)c1. The monoisotopic (exact) mass is 562 g/mol. The number of nitrogens with one attached hydrogen (secondary N) is 1. The van der Waals surface area contributed by atoms with E-state index in [1.165, 1.54) is 4.31 Å². The molecular formula is C31H38N4O4S. The molecule has 0 atom stereocenters. The summed E-state index contributed by atoms with van der Waals surface area (Å²) in [6, 6.07) is 20.1. The van der Waals surface area contributed by atoms with Crippen molar-refractivity contribution in [1.82, 2.24) is 14.1 Å².